The second kappa shape index (κ2) is 6.76. The molecule has 112 valence electrons. The summed E-state index contributed by atoms with van der Waals surface area (Å²) < 4.78 is 0. The third-order valence-electron chi connectivity index (χ3n) is 3.42. The van der Waals surface area contributed by atoms with Crippen LogP contribution in [0.25, 0.3) is 10.9 Å². The summed E-state index contributed by atoms with van der Waals surface area (Å²) in [6, 6.07) is 16.3. The normalized spacial score (nSPS) is 11.6. The van der Waals surface area contributed by atoms with Gasteiger partial charge in [0.05, 0.1) is 18.8 Å². The van der Waals surface area contributed by atoms with Gasteiger partial charge in [-0.25, -0.2) is 0 Å². The fourth-order valence-electron chi connectivity index (χ4n) is 2.31. The zero-order valence-corrected chi connectivity index (χ0v) is 12.5. The Bertz CT molecular complexity index is 728. The largest absolute Gasteiger partial charge is 0.357 e. The summed E-state index contributed by atoms with van der Waals surface area (Å²) in [4.78, 5) is 11.9. The number of nitrogens with one attached hydrogen (secondary N) is 3. The number of H-pyrrole nitrogens is 1. The van der Waals surface area contributed by atoms with Gasteiger partial charge in [0.2, 0.25) is 0 Å². The van der Waals surface area contributed by atoms with E-state index in [1.807, 2.05) is 30.3 Å². The minimum absolute atomic E-state index is 0.646. The van der Waals surface area contributed by atoms with E-state index in [0.29, 0.717) is 13.1 Å². The highest BCUT2D eigenvalue weighted by molar-refractivity contribution is 5.81. The number of hydrogen-bond donors (Lipinski definition) is 3. The maximum absolute atomic E-state index is 4.28. The van der Waals surface area contributed by atoms with Gasteiger partial charge in [0.25, 0.3) is 0 Å². The van der Waals surface area contributed by atoms with Gasteiger partial charge in [-0.1, -0.05) is 24.3 Å². The van der Waals surface area contributed by atoms with Gasteiger partial charge < -0.3 is 15.6 Å². The summed E-state index contributed by atoms with van der Waals surface area (Å²) in [5.74, 6) is 0.754. The van der Waals surface area contributed by atoms with Gasteiger partial charge in [-0.15, -0.1) is 0 Å². The van der Waals surface area contributed by atoms with Crippen LogP contribution < -0.4 is 10.6 Å². The quantitative estimate of drug-likeness (QED) is 0.511. The standard InChI is InChI=1S/C17H19N5/c1-18-17(20-11-14-7-4-5-9-19-14)21-12-15-10-13-6-2-3-8-16(13)22-15/h2-10,22H,11-12H2,1H3,(H2,18,20,21). The van der Waals surface area contributed by atoms with E-state index in [0.717, 1.165) is 22.9 Å². The molecule has 0 spiro atoms. The average molecular weight is 293 g/mol. The fourth-order valence-corrected chi connectivity index (χ4v) is 2.31. The van der Waals surface area contributed by atoms with Crippen LogP contribution in [0.2, 0.25) is 0 Å². The molecule has 0 saturated carbocycles. The highest BCUT2D eigenvalue weighted by Crippen LogP contribution is 2.14. The van der Waals surface area contributed by atoms with Gasteiger partial charge in [0.1, 0.15) is 0 Å². The summed E-state index contributed by atoms with van der Waals surface area (Å²) >= 11 is 0. The van der Waals surface area contributed by atoms with E-state index >= 15 is 0 Å². The van der Waals surface area contributed by atoms with Crippen LogP contribution >= 0.6 is 0 Å². The van der Waals surface area contributed by atoms with Crippen molar-refractivity contribution in [2.75, 3.05) is 7.05 Å². The van der Waals surface area contributed by atoms with Crippen molar-refractivity contribution in [1.29, 1.82) is 0 Å². The zero-order valence-electron chi connectivity index (χ0n) is 12.5. The first-order chi connectivity index (χ1) is 10.8. The third-order valence-corrected chi connectivity index (χ3v) is 3.42. The molecule has 0 amide bonds. The number of guanidine groups is 1. The van der Waals surface area contributed by atoms with Gasteiger partial charge in [-0.05, 0) is 29.7 Å². The van der Waals surface area contributed by atoms with Crippen LogP contribution in [0.1, 0.15) is 11.4 Å². The van der Waals surface area contributed by atoms with Crippen molar-refractivity contribution in [2.45, 2.75) is 13.1 Å². The van der Waals surface area contributed by atoms with Crippen LogP contribution in [0.5, 0.6) is 0 Å². The van der Waals surface area contributed by atoms with E-state index < -0.39 is 0 Å². The minimum atomic E-state index is 0.646. The molecule has 0 bridgehead atoms. The van der Waals surface area contributed by atoms with Crippen LogP contribution in [-0.2, 0) is 13.1 Å². The first-order valence-corrected chi connectivity index (χ1v) is 7.26. The lowest BCUT2D eigenvalue weighted by Crippen LogP contribution is -2.36. The SMILES string of the molecule is CN=C(NCc1ccccn1)NCc1cc2ccccc2[nH]1. The molecule has 2 heterocycles. The minimum Gasteiger partial charge on any atom is -0.357 e. The number of benzene rings is 1. The lowest BCUT2D eigenvalue weighted by atomic mass is 10.2. The van der Waals surface area contributed by atoms with Crippen molar-refractivity contribution in [2.24, 2.45) is 4.99 Å². The van der Waals surface area contributed by atoms with Gasteiger partial charge in [-0.3, -0.25) is 9.98 Å². The maximum atomic E-state index is 4.28. The van der Waals surface area contributed by atoms with Gasteiger partial charge >= 0.3 is 0 Å². The van der Waals surface area contributed by atoms with Crippen molar-refractivity contribution in [3.8, 4) is 0 Å². The van der Waals surface area contributed by atoms with Crippen LogP contribution in [0.4, 0.5) is 0 Å². The molecule has 0 radical (unpaired) electrons. The molecule has 22 heavy (non-hydrogen) atoms. The topological polar surface area (TPSA) is 65.1 Å². The number of aromatic nitrogens is 2. The summed E-state index contributed by atoms with van der Waals surface area (Å²) in [7, 11) is 1.76. The number of pyridine rings is 1. The Morgan fingerprint density at radius 2 is 1.91 bits per heavy atom. The van der Waals surface area contributed by atoms with Crippen LogP contribution in [-0.4, -0.2) is 23.0 Å². The van der Waals surface area contributed by atoms with Crippen molar-refractivity contribution >= 4 is 16.9 Å². The number of rotatable bonds is 4. The molecule has 3 N–H and O–H groups in total. The second-order valence-electron chi connectivity index (χ2n) is 4.98. The maximum Gasteiger partial charge on any atom is 0.191 e. The van der Waals surface area contributed by atoms with Crippen molar-refractivity contribution in [3.05, 3.63) is 66.1 Å². The molecule has 0 unspecified atom stereocenters. The molecule has 3 rings (SSSR count). The summed E-state index contributed by atoms with van der Waals surface area (Å²) in [6.07, 6.45) is 1.79. The number of nitrogens with zero attached hydrogens (tertiary/aromatic N) is 2. The predicted octanol–water partition coefficient (Wildman–Crippen LogP) is 2.43. The number of para-hydroxylation sites is 1. The molecule has 0 saturated heterocycles. The highest BCUT2D eigenvalue weighted by Gasteiger charge is 2.02. The Hall–Kier alpha value is -2.82. The van der Waals surface area contributed by atoms with Crippen LogP contribution in [0, 0.1) is 0 Å². The van der Waals surface area contributed by atoms with E-state index in [2.05, 4.69) is 43.8 Å². The van der Waals surface area contributed by atoms with Crippen LogP contribution in [0.15, 0.2) is 59.7 Å². The molecule has 0 aliphatic carbocycles. The molecule has 1 aromatic carbocycles. The van der Waals surface area contributed by atoms with Gasteiger partial charge in [0, 0.05) is 24.5 Å². The monoisotopic (exact) mass is 293 g/mol. The molecule has 0 aliphatic heterocycles. The Labute approximate surface area is 129 Å². The molecule has 5 nitrogen and oxygen atoms in total. The molecule has 0 fully saturated rings. The average Bonchev–Trinajstić information content (AvgIpc) is 2.99. The van der Waals surface area contributed by atoms with E-state index in [-0.39, 0.29) is 0 Å². The van der Waals surface area contributed by atoms with E-state index in [1.165, 1.54) is 5.39 Å². The fraction of sp³-hybridized carbons (Fsp3) is 0.176. The molecule has 3 aromatic rings. The highest BCUT2D eigenvalue weighted by atomic mass is 15.2. The zero-order chi connectivity index (χ0) is 15.2. The smallest absolute Gasteiger partial charge is 0.191 e. The first-order valence-electron chi connectivity index (χ1n) is 7.26. The summed E-state index contributed by atoms with van der Waals surface area (Å²) in [6.45, 7) is 1.34. The van der Waals surface area contributed by atoms with Crippen LogP contribution in [0.3, 0.4) is 0 Å². The molecule has 5 heteroatoms. The van der Waals surface area contributed by atoms with Gasteiger partial charge in [0.15, 0.2) is 5.96 Å². The Morgan fingerprint density at radius 1 is 1.09 bits per heavy atom. The Morgan fingerprint density at radius 3 is 2.68 bits per heavy atom. The van der Waals surface area contributed by atoms with Gasteiger partial charge in [-0.2, -0.15) is 0 Å². The molecule has 0 aliphatic rings. The van der Waals surface area contributed by atoms with E-state index in [4.69, 9.17) is 0 Å². The van der Waals surface area contributed by atoms with Crippen molar-refractivity contribution in [1.82, 2.24) is 20.6 Å². The lowest BCUT2D eigenvalue weighted by Gasteiger charge is -2.10. The second-order valence-corrected chi connectivity index (χ2v) is 4.98. The molecular formula is C17H19N5. The number of aromatic amines is 1. The first kappa shape index (κ1) is 14.1. The molecular weight excluding hydrogens is 274 g/mol. The number of hydrogen-bond acceptors (Lipinski definition) is 2. The molecule has 0 atom stereocenters. The molecule has 2 aromatic heterocycles. The summed E-state index contributed by atoms with van der Waals surface area (Å²) in [5.41, 5.74) is 3.26. The third kappa shape index (κ3) is 3.44. The Kier molecular flexibility index (Phi) is 4.34. The number of aliphatic imine (C=N–C) groups is 1. The van der Waals surface area contributed by atoms with E-state index in [9.17, 15) is 0 Å². The predicted molar refractivity (Wildman–Crippen MR) is 89.6 cm³/mol. The Balaban J connectivity index is 1.56. The van der Waals surface area contributed by atoms with Crippen molar-refractivity contribution in [3.63, 3.8) is 0 Å². The van der Waals surface area contributed by atoms with E-state index in [1.54, 1.807) is 13.2 Å². The number of fused-ring (bicyclic) bond motifs is 1. The summed E-state index contributed by atoms with van der Waals surface area (Å²) in [5, 5.41) is 7.77. The van der Waals surface area contributed by atoms with Crippen molar-refractivity contribution < 1.29 is 0 Å². The lowest BCUT2D eigenvalue weighted by molar-refractivity contribution is 0.787.